The number of rotatable bonds is 5. The Morgan fingerprint density at radius 2 is 1.90 bits per heavy atom. The Kier molecular flexibility index (Phi) is 7.05. The van der Waals surface area contributed by atoms with Gasteiger partial charge >= 0.3 is 6.36 Å². The SMILES string of the molecule is Cc1ccc2c(n1)[C@H]([C@@H](C)C(=O)Nc1ccc(Cl)c(-c3nc4ccc(OC(F)(F)F)cc4n3C)c1)CC[C@H]2C. The van der Waals surface area contributed by atoms with Crippen LogP contribution >= 0.6 is 11.6 Å². The molecule has 1 N–H and O–H groups in total. The molecule has 0 aliphatic heterocycles. The first kappa shape index (κ1) is 27.0. The number of aryl methyl sites for hydroxylation is 2. The molecule has 0 spiro atoms. The number of alkyl halides is 3. The van der Waals surface area contributed by atoms with E-state index in [-0.39, 0.29) is 23.5 Å². The molecule has 0 radical (unpaired) electrons. The van der Waals surface area contributed by atoms with E-state index in [2.05, 4.69) is 28.0 Å². The summed E-state index contributed by atoms with van der Waals surface area (Å²) in [7, 11) is 1.68. The molecule has 0 saturated heterocycles. The van der Waals surface area contributed by atoms with E-state index < -0.39 is 6.36 Å². The number of hydrogen-bond donors (Lipinski definition) is 1. The number of halogens is 4. The summed E-state index contributed by atoms with van der Waals surface area (Å²) in [6.07, 6.45) is -2.92. The molecule has 4 aromatic rings. The number of benzene rings is 2. The van der Waals surface area contributed by atoms with Gasteiger partial charge < -0.3 is 14.6 Å². The highest BCUT2D eigenvalue weighted by molar-refractivity contribution is 6.33. The van der Waals surface area contributed by atoms with Gasteiger partial charge in [0.1, 0.15) is 11.6 Å². The van der Waals surface area contributed by atoms with Crippen molar-refractivity contribution in [3.63, 3.8) is 0 Å². The number of fused-ring (bicyclic) bond motifs is 2. The Labute approximate surface area is 229 Å². The topological polar surface area (TPSA) is 69.0 Å². The van der Waals surface area contributed by atoms with Crippen LogP contribution in [0.4, 0.5) is 18.9 Å². The van der Waals surface area contributed by atoms with E-state index >= 15 is 0 Å². The Morgan fingerprint density at radius 1 is 1.13 bits per heavy atom. The first-order valence-electron chi connectivity index (χ1n) is 12.7. The van der Waals surface area contributed by atoms with Crippen LogP contribution in [0.3, 0.4) is 0 Å². The second kappa shape index (κ2) is 10.2. The van der Waals surface area contributed by atoms with Crippen molar-refractivity contribution in [1.82, 2.24) is 14.5 Å². The molecule has 1 amide bonds. The number of nitrogens with zero attached hydrogens (tertiary/aromatic N) is 3. The van der Waals surface area contributed by atoms with Crippen LogP contribution in [0, 0.1) is 12.8 Å². The third-order valence-corrected chi connectivity index (χ3v) is 7.80. The smallest absolute Gasteiger partial charge is 0.406 e. The Hall–Kier alpha value is -3.59. The lowest BCUT2D eigenvalue weighted by Gasteiger charge is -2.32. The molecule has 0 saturated carbocycles. The number of carbonyl (C=O) groups excluding carboxylic acids is 1. The van der Waals surface area contributed by atoms with Crippen LogP contribution in [0.1, 0.15) is 55.5 Å². The fourth-order valence-electron chi connectivity index (χ4n) is 5.33. The lowest BCUT2D eigenvalue weighted by atomic mass is 9.75. The highest BCUT2D eigenvalue weighted by Gasteiger charge is 2.34. The van der Waals surface area contributed by atoms with Crippen molar-refractivity contribution in [3.8, 4) is 17.1 Å². The van der Waals surface area contributed by atoms with Crippen LogP contribution in [-0.2, 0) is 11.8 Å². The number of imidazole rings is 1. The van der Waals surface area contributed by atoms with Crippen LogP contribution in [-0.4, -0.2) is 26.8 Å². The summed E-state index contributed by atoms with van der Waals surface area (Å²) in [6.45, 7) is 6.08. The van der Waals surface area contributed by atoms with Crippen LogP contribution in [0.2, 0.25) is 5.02 Å². The zero-order chi connectivity index (χ0) is 28.1. The third-order valence-electron chi connectivity index (χ3n) is 7.47. The first-order chi connectivity index (χ1) is 18.4. The van der Waals surface area contributed by atoms with Crippen molar-refractivity contribution >= 4 is 34.2 Å². The molecular formula is C29H28ClF3N4O2. The molecule has 2 aromatic carbocycles. The van der Waals surface area contributed by atoms with Gasteiger partial charge in [-0.15, -0.1) is 13.2 Å². The summed E-state index contributed by atoms with van der Waals surface area (Å²) in [6, 6.07) is 13.2. The number of pyridine rings is 1. The molecule has 5 rings (SSSR count). The molecular weight excluding hydrogens is 529 g/mol. The molecule has 6 nitrogen and oxygen atoms in total. The number of carbonyl (C=O) groups is 1. The van der Waals surface area contributed by atoms with Crippen molar-refractivity contribution in [2.24, 2.45) is 13.0 Å². The van der Waals surface area contributed by atoms with Crippen LogP contribution in [0.5, 0.6) is 5.75 Å². The highest BCUT2D eigenvalue weighted by atomic mass is 35.5. The minimum absolute atomic E-state index is 0.0100. The van der Waals surface area contributed by atoms with Gasteiger partial charge in [-0.25, -0.2) is 4.98 Å². The molecule has 2 aromatic heterocycles. The van der Waals surface area contributed by atoms with Crippen molar-refractivity contribution in [3.05, 3.63) is 70.5 Å². The molecule has 204 valence electrons. The largest absolute Gasteiger partial charge is 0.573 e. The van der Waals surface area contributed by atoms with Gasteiger partial charge in [-0.3, -0.25) is 9.78 Å². The molecule has 1 aliphatic rings. The molecule has 1 aliphatic carbocycles. The van der Waals surface area contributed by atoms with Gasteiger partial charge in [-0.2, -0.15) is 0 Å². The zero-order valence-corrected chi connectivity index (χ0v) is 22.7. The second-order valence-corrected chi connectivity index (χ2v) is 10.6. The van der Waals surface area contributed by atoms with E-state index in [0.29, 0.717) is 39.0 Å². The highest BCUT2D eigenvalue weighted by Crippen LogP contribution is 2.42. The van der Waals surface area contributed by atoms with Gasteiger partial charge in [-0.1, -0.05) is 31.5 Å². The zero-order valence-electron chi connectivity index (χ0n) is 21.9. The summed E-state index contributed by atoms with van der Waals surface area (Å²) < 4.78 is 43.8. The van der Waals surface area contributed by atoms with Crippen LogP contribution in [0.25, 0.3) is 22.4 Å². The molecule has 10 heteroatoms. The average molecular weight is 557 g/mol. The summed E-state index contributed by atoms with van der Waals surface area (Å²) >= 11 is 6.51. The van der Waals surface area contributed by atoms with Crippen molar-refractivity contribution in [2.75, 3.05) is 5.32 Å². The molecule has 3 atom stereocenters. The minimum atomic E-state index is -4.80. The van der Waals surface area contributed by atoms with Gasteiger partial charge in [0.2, 0.25) is 5.91 Å². The maximum absolute atomic E-state index is 13.4. The lowest BCUT2D eigenvalue weighted by Crippen LogP contribution is -2.29. The van der Waals surface area contributed by atoms with Crippen molar-refractivity contribution < 1.29 is 22.7 Å². The van der Waals surface area contributed by atoms with Crippen molar-refractivity contribution in [1.29, 1.82) is 0 Å². The molecule has 0 bridgehead atoms. The summed E-state index contributed by atoms with van der Waals surface area (Å²) in [5.74, 6) is 0.0781. The van der Waals surface area contributed by atoms with Crippen LogP contribution in [0.15, 0.2) is 48.5 Å². The monoisotopic (exact) mass is 556 g/mol. The van der Waals surface area contributed by atoms with E-state index in [9.17, 15) is 18.0 Å². The molecule has 0 fully saturated rings. The Morgan fingerprint density at radius 3 is 2.64 bits per heavy atom. The van der Waals surface area contributed by atoms with E-state index in [0.717, 1.165) is 24.2 Å². The van der Waals surface area contributed by atoms with Crippen LogP contribution < -0.4 is 10.1 Å². The van der Waals surface area contributed by atoms with E-state index in [1.807, 2.05) is 19.9 Å². The number of amides is 1. The maximum atomic E-state index is 13.4. The quantitative estimate of drug-likeness (QED) is 0.273. The maximum Gasteiger partial charge on any atom is 0.573 e. The normalized spacial score (nSPS) is 18.1. The summed E-state index contributed by atoms with van der Waals surface area (Å²) in [5, 5.41) is 3.40. The fraction of sp³-hybridized carbons (Fsp3) is 0.345. The number of ether oxygens (including phenoxy) is 1. The second-order valence-electron chi connectivity index (χ2n) is 10.2. The van der Waals surface area contributed by atoms with Gasteiger partial charge in [0.15, 0.2) is 0 Å². The van der Waals surface area contributed by atoms with E-state index in [1.165, 1.54) is 23.8 Å². The molecule has 0 unspecified atom stereocenters. The van der Waals surface area contributed by atoms with Gasteiger partial charge in [0.05, 0.1) is 16.1 Å². The number of anilines is 1. The third kappa shape index (κ3) is 5.45. The first-order valence-corrected chi connectivity index (χ1v) is 13.1. The average Bonchev–Trinajstić information content (AvgIpc) is 3.19. The van der Waals surface area contributed by atoms with Gasteiger partial charge in [0.25, 0.3) is 0 Å². The lowest BCUT2D eigenvalue weighted by molar-refractivity contribution is -0.274. The van der Waals surface area contributed by atoms with Gasteiger partial charge in [0, 0.05) is 47.6 Å². The molecule has 39 heavy (non-hydrogen) atoms. The summed E-state index contributed by atoms with van der Waals surface area (Å²) in [4.78, 5) is 22.8. The number of hydrogen-bond acceptors (Lipinski definition) is 4. The predicted octanol–water partition coefficient (Wildman–Crippen LogP) is 7.75. The standard InChI is InChI=1S/C29H28ClF3N4O2/c1-15-5-9-21(26-20(15)10-6-16(2)34-26)17(3)28(38)35-18-7-11-23(30)22(13-18)27-36-24-12-8-19(39-29(31,32)33)14-25(24)37(27)4/h6-8,10-15,17,21H,5,9H2,1-4H3,(H,35,38)/t15-,17-,21+/m1/s1. The fourth-order valence-corrected chi connectivity index (χ4v) is 5.53. The number of nitrogens with one attached hydrogen (secondary N) is 1. The minimum Gasteiger partial charge on any atom is -0.406 e. The number of aromatic nitrogens is 3. The summed E-state index contributed by atoms with van der Waals surface area (Å²) in [5.41, 5.74) is 5.14. The Bertz CT molecular complexity index is 1570. The predicted molar refractivity (Wildman–Crippen MR) is 145 cm³/mol. The van der Waals surface area contributed by atoms with E-state index in [4.69, 9.17) is 16.6 Å². The van der Waals surface area contributed by atoms with Gasteiger partial charge in [-0.05, 0) is 67.6 Å². The van der Waals surface area contributed by atoms with E-state index in [1.54, 1.807) is 29.8 Å². The Balaban J connectivity index is 1.41. The molecule has 2 heterocycles. The van der Waals surface area contributed by atoms with Crippen molar-refractivity contribution in [2.45, 2.75) is 51.8 Å².